The standard InChI is InChI=1S/C24H26N8O5/c25-21-29-19-15(10-31-17(33)8-9-18(31)34)27-22(26)32-11-16(24(36,37)23(19,32)30-21)28-20(35)14-7-3-5-12-4-1-2-6-13(12)14/h1-7,15-16,19,36-37H,8-11H2,(H2,26,27)(H,28,35)(H3,25,29,30)/t15?,16?,19-,23-/m0/s1. The summed E-state index contributed by atoms with van der Waals surface area (Å²) < 4.78 is 0. The topological polar surface area (TPSA) is 199 Å². The minimum Gasteiger partial charge on any atom is -0.370 e. The number of carbonyl (C=O) groups excluding carboxylic acids is 3. The maximum Gasteiger partial charge on any atom is 0.252 e. The quantitative estimate of drug-likeness (QED) is 0.196. The van der Waals surface area contributed by atoms with Gasteiger partial charge in [-0.2, -0.15) is 0 Å². The first-order valence-electron chi connectivity index (χ1n) is 11.9. The number of rotatable bonds is 4. The molecule has 2 aromatic rings. The van der Waals surface area contributed by atoms with Gasteiger partial charge in [-0.15, -0.1) is 0 Å². The zero-order valence-electron chi connectivity index (χ0n) is 19.7. The van der Waals surface area contributed by atoms with Crippen molar-refractivity contribution < 1.29 is 24.6 Å². The Bertz CT molecular complexity index is 1390. The van der Waals surface area contributed by atoms with E-state index >= 15 is 0 Å². The Hall–Kier alpha value is -4.23. The van der Waals surface area contributed by atoms with Crippen LogP contribution < -0.4 is 22.1 Å². The van der Waals surface area contributed by atoms with Gasteiger partial charge in [-0.3, -0.25) is 19.3 Å². The Balaban J connectivity index is 1.33. The molecular formula is C24H26N8O5. The van der Waals surface area contributed by atoms with E-state index in [2.05, 4.69) is 20.6 Å². The fourth-order valence-electron chi connectivity index (χ4n) is 5.91. The molecule has 2 saturated heterocycles. The largest absolute Gasteiger partial charge is 0.370 e. The van der Waals surface area contributed by atoms with Gasteiger partial charge in [0.05, 0.1) is 12.6 Å². The Morgan fingerprint density at radius 2 is 1.78 bits per heavy atom. The molecule has 0 bridgehead atoms. The highest BCUT2D eigenvalue weighted by Gasteiger charge is 2.73. The van der Waals surface area contributed by atoms with Crippen LogP contribution in [0.2, 0.25) is 0 Å². The third-order valence-corrected chi connectivity index (χ3v) is 7.67. The van der Waals surface area contributed by atoms with E-state index in [1.165, 1.54) is 4.90 Å². The van der Waals surface area contributed by atoms with E-state index in [-0.39, 0.29) is 49.7 Å². The number of amides is 3. The van der Waals surface area contributed by atoms with Crippen molar-refractivity contribution in [2.45, 2.75) is 42.4 Å². The summed E-state index contributed by atoms with van der Waals surface area (Å²) in [4.78, 5) is 49.1. The number of nitrogens with two attached hydrogens (primary N) is 2. The van der Waals surface area contributed by atoms with Crippen molar-refractivity contribution in [1.29, 1.82) is 0 Å². The molecule has 4 heterocycles. The Kier molecular flexibility index (Phi) is 4.94. The predicted molar refractivity (Wildman–Crippen MR) is 132 cm³/mol. The summed E-state index contributed by atoms with van der Waals surface area (Å²) >= 11 is 0. The highest BCUT2D eigenvalue weighted by Crippen LogP contribution is 2.45. The van der Waals surface area contributed by atoms with Crippen molar-refractivity contribution in [2.24, 2.45) is 21.5 Å². The van der Waals surface area contributed by atoms with Crippen LogP contribution in [0.3, 0.4) is 0 Å². The highest BCUT2D eigenvalue weighted by atomic mass is 16.5. The van der Waals surface area contributed by atoms with E-state index in [0.717, 1.165) is 10.3 Å². The second-order valence-corrected chi connectivity index (χ2v) is 9.69. The number of carbonyl (C=O) groups is 3. The molecule has 0 aliphatic carbocycles. The Morgan fingerprint density at radius 1 is 1.08 bits per heavy atom. The number of guanidine groups is 2. The fourth-order valence-corrected chi connectivity index (χ4v) is 5.91. The summed E-state index contributed by atoms with van der Waals surface area (Å²) in [5.41, 5.74) is 10.9. The Labute approximate surface area is 210 Å². The lowest BCUT2D eigenvalue weighted by molar-refractivity contribution is -0.230. The van der Waals surface area contributed by atoms with Crippen molar-refractivity contribution in [3.63, 3.8) is 0 Å². The smallest absolute Gasteiger partial charge is 0.252 e. The average molecular weight is 507 g/mol. The molecule has 4 aliphatic heterocycles. The van der Waals surface area contributed by atoms with Crippen LogP contribution in [0.5, 0.6) is 0 Å². The molecule has 0 aromatic heterocycles. The molecule has 4 atom stereocenters. The molecule has 4 aliphatic rings. The van der Waals surface area contributed by atoms with Crippen LogP contribution in [0.15, 0.2) is 52.4 Å². The van der Waals surface area contributed by atoms with E-state index < -0.39 is 35.5 Å². The number of fused-ring (bicyclic) bond motifs is 1. The third kappa shape index (κ3) is 3.20. The number of nitrogens with one attached hydrogen (secondary N) is 2. The lowest BCUT2D eigenvalue weighted by Crippen LogP contribution is -2.78. The maximum atomic E-state index is 13.3. The van der Waals surface area contributed by atoms with Gasteiger partial charge in [0.15, 0.2) is 17.6 Å². The monoisotopic (exact) mass is 506 g/mol. The van der Waals surface area contributed by atoms with Gasteiger partial charge in [0.1, 0.15) is 12.1 Å². The summed E-state index contributed by atoms with van der Waals surface area (Å²) in [6.45, 7) is -0.250. The van der Waals surface area contributed by atoms with Gasteiger partial charge in [-0.05, 0) is 16.8 Å². The van der Waals surface area contributed by atoms with Crippen LogP contribution in [-0.2, 0) is 9.59 Å². The van der Waals surface area contributed by atoms with Gasteiger partial charge in [0.2, 0.25) is 17.6 Å². The predicted octanol–water partition coefficient (Wildman–Crippen LogP) is -2.24. The molecule has 3 amide bonds. The van der Waals surface area contributed by atoms with Gasteiger partial charge >= 0.3 is 0 Å². The van der Waals surface area contributed by atoms with Crippen LogP contribution in [0, 0.1) is 0 Å². The number of hydrogen-bond acceptors (Lipinski definition) is 11. The number of aliphatic hydroxyl groups is 2. The third-order valence-electron chi connectivity index (χ3n) is 7.67. The van der Waals surface area contributed by atoms with E-state index in [1.807, 2.05) is 30.3 Å². The van der Waals surface area contributed by atoms with Crippen LogP contribution >= 0.6 is 0 Å². The average Bonchev–Trinajstić information content (AvgIpc) is 3.46. The van der Waals surface area contributed by atoms with Gasteiger partial charge in [-0.25, -0.2) is 9.98 Å². The van der Waals surface area contributed by atoms with E-state index in [1.54, 1.807) is 12.1 Å². The Morgan fingerprint density at radius 3 is 2.54 bits per heavy atom. The number of nitrogens with zero attached hydrogens (tertiary/aromatic N) is 4. The van der Waals surface area contributed by atoms with E-state index in [0.29, 0.717) is 10.9 Å². The number of hydrogen-bond donors (Lipinski definition) is 6. The van der Waals surface area contributed by atoms with Gasteiger partial charge in [-0.1, -0.05) is 36.4 Å². The van der Waals surface area contributed by atoms with Gasteiger partial charge in [0, 0.05) is 24.9 Å². The van der Waals surface area contributed by atoms with Crippen LogP contribution in [0.1, 0.15) is 23.2 Å². The summed E-state index contributed by atoms with van der Waals surface area (Å²) in [5.74, 6) is -3.97. The minimum atomic E-state index is -2.62. The van der Waals surface area contributed by atoms with Crippen molar-refractivity contribution in [2.75, 3.05) is 13.1 Å². The zero-order chi connectivity index (χ0) is 26.1. The summed E-state index contributed by atoms with van der Waals surface area (Å²) in [5, 5.41) is 30.3. The van der Waals surface area contributed by atoms with Crippen molar-refractivity contribution in [3.8, 4) is 0 Å². The van der Waals surface area contributed by atoms with Crippen LogP contribution in [0.25, 0.3) is 10.8 Å². The van der Waals surface area contributed by atoms with E-state index in [9.17, 15) is 24.6 Å². The first kappa shape index (κ1) is 23.2. The number of imide groups is 1. The van der Waals surface area contributed by atoms with Crippen molar-refractivity contribution in [3.05, 3.63) is 48.0 Å². The molecule has 0 saturated carbocycles. The molecule has 1 spiro atoms. The molecule has 37 heavy (non-hydrogen) atoms. The second-order valence-electron chi connectivity index (χ2n) is 9.69. The maximum absolute atomic E-state index is 13.3. The summed E-state index contributed by atoms with van der Waals surface area (Å²) in [7, 11) is 0. The molecule has 2 aromatic carbocycles. The van der Waals surface area contributed by atoms with Crippen LogP contribution in [-0.4, -0.2) is 92.3 Å². The number of benzene rings is 2. The second kappa shape index (κ2) is 7.88. The number of aliphatic imine (C=N–C) groups is 2. The lowest BCUT2D eigenvalue weighted by atomic mass is 9.84. The fraction of sp³-hybridized carbons (Fsp3) is 0.375. The molecule has 2 unspecified atom stereocenters. The molecule has 6 rings (SSSR count). The molecule has 0 radical (unpaired) electrons. The van der Waals surface area contributed by atoms with Gasteiger partial charge < -0.3 is 37.2 Å². The molecule has 2 fully saturated rings. The first-order chi connectivity index (χ1) is 17.6. The molecule has 8 N–H and O–H groups in total. The highest BCUT2D eigenvalue weighted by molar-refractivity contribution is 6.07. The molecule has 192 valence electrons. The van der Waals surface area contributed by atoms with Crippen molar-refractivity contribution >= 4 is 40.4 Å². The SMILES string of the molecule is NC1=N[C@H]2C(CN3C(=O)CCC3=O)N=C(N)N3CC(NC(=O)c4cccc5ccccc45)C(O)(O)[C@]23N1. The van der Waals surface area contributed by atoms with E-state index in [4.69, 9.17) is 11.5 Å². The van der Waals surface area contributed by atoms with Gasteiger partial charge in [0.25, 0.3) is 5.91 Å². The van der Waals surface area contributed by atoms with Crippen LogP contribution in [0.4, 0.5) is 0 Å². The number of likely N-dealkylation sites (tertiary alicyclic amines) is 1. The summed E-state index contributed by atoms with van der Waals surface area (Å²) in [6, 6.07) is 9.52. The first-order valence-corrected chi connectivity index (χ1v) is 11.9. The molecular weight excluding hydrogens is 480 g/mol. The molecule has 13 heteroatoms. The van der Waals surface area contributed by atoms with Crippen molar-refractivity contribution in [1.82, 2.24) is 20.4 Å². The molecule has 13 nitrogen and oxygen atoms in total. The normalized spacial score (nSPS) is 30.1. The summed E-state index contributed by atoms with van der Waals surface area (Å²) in [6.07, 6.45) is 0.200. The lowest BCUT2D eigenvalue weighted by Gasteiger charge is -2.49. The zero-order valence-corrected chi connectivity index (χ0v) is 19.7. The minimum absolute atomic E-state index is 0.0628.